The van der Waals surface area contributed by atoms with Gasteiger partial charge in [-0.3, -0.25) is 0 Å². The summed E-state index contributed by atoms with van der Waals surface area (Å²) in [7, 11) is -3.71. The highest BCUT2D eigenvalue weighted by Gasteiger charge is 2.32. The first-order valence-electron chi connectivity index (χ1n) is 7.72. The molecule has 0 unspecified atom stereocenters. The Morgan fingerprint density at radius 2 is 1.73 bits per heavy atom. The summed E-state index contributed by atoms with van der Waals surface area (Å²) in [5, 5.41) is 0.193. The average molecular weight is 406 g/mol. The fraction of sp³-hybridized carbons (Fsp3) is 0.312. The van der Waals surface area contributed by atoms with Crippen LogP contribution >= 0.6 is 11.6 Å². The summed E-state index contributed by atoms with van der Waals surface area (Å²) in [5.41, 5.74) is -0.303. The first-order chi connectivity index (χ1) is 12.2. The molecule has 0 radical (unpaired) electrons. The second-order valence-electron chi connectivity index (χ2n) is 5.76. The molecule has 3 rings (SSSR count). The highest BCUT2D eigenvalue weighted by Crippen LogP contribution is 2.32. The summed E-state index contributed by atoms with van der Waals surface area (Å²) in [4.78, 5) is 5.55. The molecule has 26 heavy (non-hydrogen) atoms. The number of rotatable bonds is 3. The first kappa shape index (κ1) is 18.9. The van der Waals surface area contributed by atoms with E-state index in [-0.39, 0.29) is 23.1 Å². The van der Waals surface area contributed by atoms with Gasteiger partial charge in [0.05, 0.1) is 5.56 Å². The van der Waals surface area contributed by atoms with Gasteiger partial charge < -0.3 is 4.90 Å². The molecule has 0 N–H and O–H groups in total. The Morgan fingerprint density at radius 3 is 2.31 bits per heavy atom. The Labute approximate surface area is 154 Å². The molecule has 5 nitrogen and oxygen atoms in total. The summed E-state index contributed by atoms with van der Waals surface area (Å²) in [6, 6.07) is 7.80. The van der Waals surface area contributed by atoms with Gasteiger partial charge >= 0.3 is 6.18 Å². The molecule has 1 fully saturated rings. The lowest BCUT2D eigenvalue weighted by Gasteiger charge is -2.35. The van der Waals surface area contributed by atoms with Crippen molar-refractivity contribution in [1.82, 2.24) is 9.29 Å². The Morgan fingerprint density at radius 1 is 1.04 bits per heavy atom. The molecule has 0 spiro atoms. The third kappa shape index (κ3) is 3.94. The molecule has 1 aliphatic heterocycles. The molecule has 1 saturated heterocycles. The van der Waals surface area contributed by atoms with Gasteiger partial charge in [0, 0.05) is 38.1 Å². The van der Waals surface area contributed by atoms with Crippen LogP contribution in [-0.2, 0) is 16.2 Å². The number of aromatic nitrogens is 1. The fourth-order valence-corrected chi connectivity index (χ4v) is 4.21. The van der Waals surface area contributed by atoms with Gasteiger partial charge in [0.15, 0.2) is 0 Å². The number of benzene rings is 1. The maximum Gasteiger partial charge on any atom is 0.416 e. The zero-order chi connectivity index (χ0) is 18.9. The molecule has 0 saturated carbocycles. The Bertz CT molecular complexity index is 880. The predicted molar refractivity (Wildman–Crippen MR) is 91.7 cm³/mol. The topological polar surface area (TPSA) is 53.5 Å². The Hall–Kier alpha value is -1.84. The molecule has 10 heteroatoms. The number of hydrogen-bond acceptors (Lipinski definition) is 4. The van der Waals surface area contributed by atoms with Gasteiger partial charge in [-0.05, 0) is 30.3 Å². The van der Waals surface area contributed by atoms with Crippen molar-refractivity contribution in [3.8, 4) is 0 Å². The van der Waals surface area contributed by atoms with Gasteiger partial charge in [0.1, 0.15) is 10.0 Å². The Balaban J connectivity index is 1.72. The average Bonchev–Trinajstić information content (AvgIpc) is 2.62. The number of alkyl halides is 3. The summed E-state index contributed by atoms with van der Waals surface area (Å²) < 4.78 is 65.0. The van der Waals surface area contributed by atoms with E-state index in [4.69, 9.17) is 11.6 Å². The van der Waals surface area contributed by atoms with Crippen molar-refractivity contribution in [2.45, 2.75) is 11.1 Å². The molecule has 0 atom stereocenters. The number of hydrogen-bond donors (Lipinski definition) is 0. The van der Waals surface area contributed by atoms with Crippen LogP contribution in [0.15, 0.2) is 47.5 Å². The third-order valence-electron chi connectivity index (χ3n) is 4.12. The summed E-state index contributed by atoms with van der Waals surface area (Å²) in [6.07, 6.45) is -3.22. The molecule has 0 aliphatic carbocycles. The normalized spacial score (nSPS) is 16.7. The monoisotopic (exact) mass is 405 g/mol. The van der Waals surface area contributed by atoms with Gasteiger partial charge in [-0.2, -0.15) is 17.5 Å². The smallest absolute Gasteiger partial charge is 0.369 e. The second-order valence-corrected chi connectivity index (χ2v) is 8.08. The van der Waals surface area contributed by atoms with E-state index >= 15 is 0 Å². The number of anilines is 1. The zero-order valence-corrected chi connectivity index (χ0v) is 15.0. The van der Waals surface area contributed by atoms with Crippen molar-refractivity contribution >= 4 is 27.3 Å². The van der Waals surface area contributed by atoms with E-state index in [0.29, 0.717) is 18.8 Å². The molecule has 1 aromatic heterocycles. The van der Waals surface area contributed by atoms with Crippen molar-refractivity contribution in [2.24, 2.45) is 0 Å². The zero-order valence-electron chi connectivity index (χ0n) is 13.4. The molecule has 1 aliphatic rings. The maximum absolute atomic E-state index is 12.8. The lowest BCUT2D eigenvalue weighted by molar-refractivity contribution is -0.137. The van der Waals surface area contributed by atoms with Crippen LogP contribution in [0.5, 0.6) is 0 Å². The first-order valence-corrected chi connectivity index (χ1v) is 9.54. The Kier molecular flexibility index (Phi) is 5.14. The van der Waals surface area contributed by atoms with Gasteiger partial charge in [-0.15, -0.1) is 0 Å². The maximum atomic E-state index is 12.8. The molecule has 2 heterocycles. The molecule has 1 aromatic carbocycles. The lowest BCUT2D eigenvalue weighted by atomic mass is 10.1. The second kappa shape index (κ2) is 7.05. The van der Waals surface area contributed by atoms with E-state index in [1.165, 1.54) is 28.7 Å². The van der Waals surface area contributed by atoms with Gasteiger partial charge in [0.2, 0.25) is 10.0 Å². The minimum absolute atomic E-state index is 0.0365. The quantitative estimate of drug-likeness (QED) is 0.735. The summed E-state index contributed by atoms with van der Waals surface area (Å²) >= 11 is 5.67. The van der Waals surface area contributed by atoms with Crippen LogP contribution in [0.25, 0.3) is 0 Å². The molecular formula is C16H15ClF3N3O2S. The molecule has 140 valence electrons. The number of halogens is 4. The van der Waals surface area contributed by atoms with Crippen LogP contribution in [0.1, 0.15) is 5.56 Å². The highest BCUT2D eigenvalue weighted by atomic mass is 35.5. The van der Waals surface area contributed by atoms with Gasteiger partial charge in [-0.1, -0.05) is 17.7 Å². The van der Waals surface area contributed by atoms with E-state index in [2.05, 4.69) is 4.98 Å². The van der Waals surface area contributed by atoms with Crippen LogP contribution in [-0.4, -0.2) is 43.9 Å². The van der Waals surface area contributed by atoms with Crippen molar-refractivity contribution in [3.63, 3.8) is 0 Å². The SMILES string of the molecule is O=S(=O)(c1ccc(Cl)nc1)N1CCN(c2cccc(C(F)(F)F)c2)CC1. The van der Waals surface area contributed by atoms with Crippen LogP contribution in [0, 0.1) is 0 Å². The van der Waals surface area contributed by atoms with Crippen molar-refractivity contribution in [3.05, 3.63) is 53.3 Å². The van der Waals surface area contributed by atoms with Crippen molar-refractivity contribution < 1.29 is 21.6 Å². The van der Waals surface area contributed by atoms with E-state index < -0.39 is 21.8 Å². The highest BCUT2D eigenvalue weighted by molar-refractivity contribution is 7.89. The standard InChI is InChI=1S/C16H15ClF3N3O2S/c17-15-5-4-14(11-21-15)26(24,25)23-8-6-22(7-9-23)13-3-1-2-12(10-13)16(18,19)20/h1-5,10-11H,6-9H2. The molecule has 2 aromatic rings. The van der Waals surface area contributed by atoms with Crippen LogP contribution in [0.3, 0.4) is 0 Å². The number of sulfonamides is 1. The van der Waals surface area contributed by atoms with Crippen molar-refractivity contribution in [1.29, 1.82) is 0 Å². The molecule has 0 amide bonds. The fourth-order valence-electron chi connectivity index (χ4n) is 2.73. The summed E-state index contributed by atoms with van der Waals surface area (Å²) in [6.45, 7) is 0.922. The summed E-state index contributed by atoms with van der Waals surface area (Å²) in [5.74, 6) is 0. The van der Waals surface area contributed by atoms with Gasteiger partial charge in [0.25, 0.3) is 0 Å². The van der Waals surface area contributed by atoms with E-state index in [9.17, 15) is 21.6 Å². The number of nitrogens with zero attached hydrogens (tertiary/aromatic N) is 3. The van der Waals surface area contributed by atoms with Crippen LogP contribution in [0.4, 0.5) is 18.9 Å². The van der Waals surface area contributed by atoms with Crippen LogP contribution in [0.2, 0.25) is 5.15 Å². The molecular weight excluding hydrogens is 391 g/mol. The number of pyridine rings is 1. The number of piperazine rings is 1. The lowest BCUT2D eigenvalue weighted by Crippen LogP contribution is -2.48. The van der Waals surface area contributed by atoms with Gasteiger partial charge in [-0.25, -0.2) is 13.4 Å². The molecule has 0 bridgehead atoms. The minimum atomic E-state index is -4.41. The minimum Gasteiger partial charge on any atom is -0.369 e. The largest absolute Gasteiger partial charge is 0.416 e. The van der Waals surface area contributed by atoms with E-state index in [1.807, 2.05) is 0 Å². The predicted octanol–water partition coefficient (Wildman–Crippen LogP) is 3.26. The van der Waals surface area contributed by atoms with Crippen molar-refractivity contribution in [2.75, 3.05) is 31.1 Å². The third-order valence-corrected chi connectivity index (χ3v) is 6.22. The van der Waals surface area contributed by atoms with E-state index in [0.717, 1.165) is 12.1 Å². The van der Waals surface area contributed by atoms with E-state index in [1.54, 1.807) is 11.0 Å². The van der Waals surface area contributed by atoms with Crippen LogP contribution < -0.4 is 4.90 Å².